The molecule has 0 saturated heterocycles. The van der Waals surface area contributed by atoms with E-state index in [0.29, 0.717) is 5.52 Å². The summed E-state index contributed by atoms with van der Waals surface area (Å²) in [5.74, 6) is 0.0467. The summed E-state index contributed by atoms with van der Waals surface area (Å²) in [7, 11) is 0. The van der Waals surface area contributed by atoms with Crippen LogP contribution in [0.5, 0.6) is 0 Å². The lowest BCUT2D eigenvalue weighted by Crippen LogP contribution is -2.27. The van der Waals surface area contributed by atoms with E-state index in [9.17, 15) is 4.79 Å². The lowest BCUT2D eigenvalue weighted by Gasteiger charge is -2.13. The average molecular weight is 396 g/mol. The van der Waals surface area contributed by atoms with Crippen molar-refractivity contribution in [3.63, 3.8) is 0 Å². The SMILES string of the molecule is Cc1ccc(C(C)NC(=O)c2nc3cc4c(-c5ccncc5)n[nH]c4cc3[nH]2)cc1. The molecule has 0 aliphatic rings. The smallest absolute Gasteiger partial charge is 0.287 e. The van der Waals surface area contributed by atoms with Crippen LogP contribution in [0.2, 0.25) is 0 Å². The molecule has 0 radical (unpaired) electrons. The first-order chi connectivity index (χ1) is 14.6. The van der Waals surface area contributed by atoms with E-state index in [1.54, 1.807) is 12.4 Å². The van der Waals surface area contributed by atoms with Gasteiger partial charge in [0.25, 0.3) is 5.91 Å². The predicted octanol–water partition coefficient (Wildman–Crippen LogP) is 4.30. The second kappa shape index (κ2) is 7.11. The molecule has 5 aromatic rings. The third kappa shape index (κ3) is 3.20. The number of benzene rings is 2. The molecular formula is C23H20N6O. The Hall–Kier alpha value is -4.00. The van der Waals surface area contributed by atoms with Crippen LogP contribution in [0.1, 0.15) is 34.7 Å². The van der Waals surface area contributed by atoms with Gasteiger partial charge in [0.15, 0.2) is 5.82 Å². The van der Waals surface area contributed by atoms with E-state index in [2.05, 4.69) is 30.5 Å². The van der Waals surface area contributed by atoms with Crippen molar-refractivity contribution in [3.8, 4) is 11.3 Å². The maximum absolute atomic E-state index is 12.8. The predicted molar refractivity (Wildman–Crippen MR) is 116 cm³/mol. The van der Waals surface area contributed by atoms with Gasteiger partial charge >= 0.3 is 0 Å². The van der Waals surface area contributed by atoms with Gasteiger partial charge in [-0.2, -0.15) is 5.10 Å². The second-order valence-electron chi connectivity index (χ2n) is 7.41. The van der Waals surface area contributed by atoms with E-state index >= 15 is 0 Å². The zero-order valence-electron chi connectivity index (χ0n) is 16.6. The molecule has 7 nitrogen and oxygen atoms in total. The third-order valence-electron chi connectivity index (χ3n) is 5.26. The molecule has 0 aliphatic carbocycles. The van der Waals surface area contributed by atoms with Crippen LogP contribution in [-0.4, -0.2) is 31.1 Å². The monoisotopic (exact) mass is 396 g/mol. The number of H-pyrrole nitrogens is 2. The molecule has 0 saturated carbocycles. The number of hydrogen-bond acceptors (Lipinski definition) is 4. The highest BCUT2D eigenvalue weighted by Crippen LogP contribution is 2.29. The van der Waals surface area contributed by atoms with Gasteiger partial charge in [0.2, 0.25) is 0 Å². The van der Waals surface area contributed by atoms with Crippen molar-refractivity contribution >= 4 is 27.8 Å². The number of aromatic nitrogens is 5. The molecule has 3 heterocycles. The van der Waals surface area contributed by atoms with Gasteiger partial charge in [-0.15, -0.1) is 0 Å². The Bertz CT molecular complexity index is 1350. The lowest BCUT2D eigenvalue weighted by molar-refractivity contribution is 0.0930. The quantitative estimate of drug-likeness (QED) is 0.422. The van der Waals surface area contributed by atoms with Gasteiger partial charge in [-0.3, -0.25) is 14.9 Å². The molecule has 1 amide bonds. The summed E-state index contributed by atoms with van der Waals surface area (Å²) < 4.78 is 0. The first-order valence-electron chi connectivity index (χ1n) is 9.74. The van der Waals surface area contributed by atoms with E-state index in [0.717, 1.165) is 33.2 Å². The van der Waals surface area contributed by atoms with Gasteiger partial charge in [-0.1, -0.05) is 29.8 Å². The van der Waals surface area contributed by atoms with Crippen LogP contribution in [0.15, 0.2) is 60.9 Å². The summed E-state index contributed by atoms with van der Waals surface area (Å²) in [4.78, 5) is 24.4. The summed E-state index contributed by atoms with van der Waals surface area (Å²) in [5, 5.41) is 11.4. The number of fused-ring (bicyclic) bond motifs is 2. The number of carbonyl (C=O) groups excluding carboxylic acids is 1. The fourth-order valence-electron chi connectivity index (χ4n) is 3.56. The minimum absolute atomic E-state index is 0.122. The summed E-state index contributed by atoms with van der Waals surface area (Å²) >= 11 is 0. The van der Waals surface area contributed by atoms with Crippen molar-refractivity contribution in [2.45, 2.75) is 19.9 Å². The van der Waals surface area contributed by atoms with Crippen molar-refractivity contribution in [1.29, 1.82) is 0 Å². The number of amides is 1. The van der Waals surface area contributed by atoms with E-state index < -0.39 is 0 Å². The standard InChI is InChI=1S/C23H20N6O/c1-13-3-5-15(6-4-13)14(2)25-23(30)22-26-19-11-17-18(12-20(19)27-22)28-29-21(17)16-7-9-24-10-8-16/h3-12,14H,1-2H3,(H,25,30)(H,26,27)(H,28,29). The minimum atomic E-state index is -0.240. The maximum atomic E-state index is 12.8. The van der Waals surface area contributed by atoms with Gasteiger partial charge in [0.05, 0.1) is 22.6 Å². The molecule has 1 unspecified atom stereocenters. The topological polar surface area (TPSA) is 99.3 Å². The Morgan fingerprint density at radius 3 is 2.57 bits per heavy atom. The Balaban J connectivity index is 1.45. The summed E-state index contributed by atoms with van der Waals surface area (Å²) in [5.41, 5.74) is 6.40. The van der Waals surface area contributed by atoms with Gasteiger partial charge in [0, 0.05) is 23.3 Å². The van der Waals surface area contributed by atoms with Crippen LogP contribution in [0.4, 0.5) is 0 Å². The number of carbonyl (C=O) groups is 1. The van der Waals surface area contributed by atoms with E-state index in [-0.39, 0.29) is 17.8 Å². The molecule has 30 heavy (non-hydrogen) atoms. The first-order valence-corrected chi connectivity index (χ1v) is 9.74. The number of nitrogens with zero attached hydrogens (tertiary/aromatic N) is 3. The molecule has 0 aliphatic heterocycles. The number of imidazole rings is 1. The van der Waals surface area contributed by atoms with Crippen LogP contribution in [0, 0.1) is 6.92 Å². The highest BCUT2D eigenvalue weighted by atomic mass is 16.2. The molecule has 2 aromatic carbocycles. The number of aromatic amines is 2. The zero-order valence-corrected chi connectivity index (χ0v) is 16.6. The Morgan fingerprint density at radius 2 is 1.80 bits per heavy atom. The van der Waals surface area contributed by atoms with Crippen LogP contribution in [0.25, 0.3) is 33.2 Å². The number of nitrogens with one attached hydrogen (secondary N) is 3. The van der Waals surface area contributed by atoms with Crippen molar-refractivity contribution in [3.05, 3.63) is 77.9 Å². The number of aryl methyl sites for hydroxylation is 1. The van der Waals surface area contributed by atoms with Crippen molar-refractivity contribution < 1.29 is 4.79 Å². The molecule has 148 valence electrons. The summed E-state index contributed by atoms with van der Waals surface area (Å²) in [6, 6.07) is 15.7. The average Bonchev–Trinajstić information content (AvgIpc) is 3.36. The lowest BCUT2D eigenvalue weighted by atomic mass is 10.1. The van der Waals surface area contributed by atoms with Crippen molar-refractivity contribution in [2.75, 3.05) is 0 Å². The van der Waals surface area contributed by atoms with Gasteiger partial charge in [-0.25, -0.2) is 4.98 Å². The van der Waals surface area contributed by atoms with E-state index in [1.165, 1.54) is 5.56 Å². The highest BCUT2D eigenvalue weighted by Gasteiger charge is 2.17. The largest absolute Gasteiger partial charge is 0.343 e. The number of hydrogen-bond donors (Lipinski definition) is 3. The molecule has 1 atom stereocenters. The maximum Gasteiger partial charge on any atom is 0.287 e. The van der Waals surface area contributed by atoms with Gasteiger partial charge < -0.3 is 10.3 Å². The number of rotatable bonds is 4. The zero-order chi connectivity index (χ0) is 20.7. The molecule has 3 aromatic heterocycles. The van der Waals surface area contributed by atoms with Crippen LogP contribution in [-0.2, 0) is 0 Å². The van der Waals surface area contributed by atoms with Crippen LogP contribution >= 0.6 is 0 Å². The van der Waals surface area contributed by atoms with Crippen LogP contribution < -0.4 is 5.32 Å². The molecule has 3 N–H and O–H groups in total. The molecule has 7 heteroatoms. The first kappa shape index (κ1) is 18.1. The summed E-state index contributed by atoms with van der Waals surface area (Å²) in [6.07, 6.45) is 3.47. The van der Waals surface area contributed by atoms with Crippen LogP contribution in [0.3, 0.4) is 0 Å². The molecule has 0 bridgehead atoms. The van der Waals surface area contributed by atoms with E-state index in [4.69, 9.17) is 0 Å². The fourth-order valence-corrected chi connectivity index (χ4v) is 3.56. The molecule has 0 spiro atoms. The summed E-state index contributed by atoms with van der Waals surface area (Å²) in [6.45, 7) is 4.00. The Kier molecular flexibility index (Phi) is 4.28. The molecule has 5 rings (SSSR count). The normalized spacial score (nSPS) is 12.3. The Morgan fingerprint density at radius 1 is 1.03 bits per heavy atom. The van der Waals surface area contributed by atoms with Crippen molar-refractivity contribution in [1.82, 2.24) is 30.5 Å². The molecular weight excluding hydrogens is 376 g/mol. The second-order valence-corrected chi connectivity index (χ2v) is 7.41. The van der Waals surface area contributed by atoms with E-state index in [1.807, 2.05) is 62.4 Å². The fraction of sp³-hybridized carbons (Fsp3) is 0.130. The van der Waals surface area contributed by atoms with Gasteiger partial charge in [-0.05, 0) is 43.7 Å². The number of pyridine rings is 1. The highest BCUT2D eigenvalue weighted by molar-refractivity contribution is 6.02. The minimum Gasteiger partial charge on any atom is -0.343 e. The Labute approximate surface area is 172 Å². The van der Waals surface area contributed by atoms with Gasteiger partial charge in [0.1, 0.15) is 5.69 Å². The van der Waals surface area contributed by atoms with Crippen molar-refractivity contribution in [2.24, 2.45) is 0 Å². The third-order valence-corrected chi connectivity index (χ3v) is 5.26. The molecule has 0 fully saturated rings.